The van der Waals surface area contributed by atoms with Crippen molar-refractivity contribution in [3.63, 3.8) is 0 Å². The fourth-order valence-electron chi connectivity index (χ4n) is 3.18. The molecule has 0 atom stereocenters. The van der Waals surface area contributed by atoms with Crippen molar-refractivity contribution in [2.75, 3.05) is 5.32 Å². The van der Waals surface area contributed by atoms with E-state index in [-0.39, 0.29) is 11.7 Å². The first-order valence-corrected chi connectivity index (χ1v) is 8.27. The minimum Gasteiger partial charge on any atom is -0.508 e. The summed E-state index contributed by atoms with van der Waals surface area (Å²) in [5.41, 5.74) is 4.58. The van der Waals surface area contributed by atoms with E-state index in [4.69, 9.17) is 0 Å². The van der Waals surface area contributed by atoms with E-state index in [2.05, 4.69) is 30.4 Å². The maximum Gasteiger partial charge on any atom is 0.272 e. The number of fused-ring (bicyclic) bond motifs is 1. The van der Waals surface area contributed by atoms with Gasteiger partial charge in [0.1, 0.15) is 11.4 Å². The third kappa shape index (κ3) is 2.75. The molecule has 0 aliphatic heterocycles. The summed E-state index contributed by atoms with van der Waals surface area (Å²) in [6.45, 7) is 6.88. The molecule has 4 nitrogen and oxygen atoms in total. The minimum atomic E-state index is -0.158. The number of aryl methyl sites for hydroxylation is 3. The topological polar surface area (TPSA) is 54.3 Å². The van der Waals surface area contributed by atoms with Gasteiger partial charge in [-0.1, -0.05) is 19.1 Å². The first-order valence-electron chi connectivity index (χ1n) is 8.27. The van der Waals surface area contributed by atoms with Crippen molar-refractivity contribution >= 4 is 22.5 Å². The lowest BCUT2D eigenvalue weighted by Gasteiger charge is -2.10. The van der Waals surface area contributed by atoms with Crippen LogP contribution in [0.4, 0.5) is 5.69 Å². The molecule has 0 aliphatic carbocycles. The van der Waals surface area contributed by atoms with E-state index in [1.54, 1.807) is 24.3 Å². The Morgan fingerprint density at radius 1 is 1.17 bits per heavy atom. The fourth-order valence-corrected chi connectivity index (χ4v) is 3.18. The van der Waals surface area contributed by atoms with E-state index in [9.17, 15) is 9.90 Å². The second-order valence-corrected chi connectivity index (χ2v) is 5.93. The lowest BCUT2D eigenvalue weighted by molar-refractivity contribution is 0.101. The second-order valence-electron chi connectivity index (χ2n) is 5.93. The third-order valence-corrected chi connectivity index (χ3v) is 4.42. The van der Waals surface area contributed by atoms with Crippen LogP contribution in [0.15, 0.2) is 42.5 Å². The molecule has 0 bridgehead atoms. The molecule has 3 aromatic rings. The molecule has 1 aromatic heterocycles. The Bertz CT molecular complexity index is 909. The summed E-state index contributed by atoms with van der Waals surface area (Å²) in [5, 5.41) is 13.6. The number of phenolic OH excluding ortho intramolecular Hbond substituents is 1. The largest absolute Gasteiger partial charge is 0.508 e. The molecular weight excluding hydrogens is 300 g/mol. The smallest absolute Gasteiger partial charge is 0.272 e. The normalized spacial score (nSPS) is 11.0. The molecule has 0 unspecified atom stereocenters. The Labute approximate surface area is 141 Å². The third-order valence-electron chi connectivity index (χ3n) is 4.42. The van der Waals surface area contributed by atoms with Gasteiger partial charge in [-0.05, 0) is 55.7 Å². The molecule has 0 fully saturated rings. The van der Waals surface area contributed by atoms with Crippen molar-refractivity contribution in [1.29, 1.82) is 0 Å². The fraction of sp³-hybridized carbons (Fsp3) is 0.250. The minimum absolute atomic E-state index is 0.133. The van der Waals surface area contributed by atoms with Crippen LogP contribution in [-0.4, -0.2) is 15.6 Å². The van der Waals surface area contributed by atoms with Crippen LogP contribution in [0, 0.1) is 6.92 Å². The Kier molecular flexibility index (Phi) is 4.30. The molecule has 3 rings (SSSR count). The highest BCUT2D eigenvalue weighted by Crippen LogP contribution is 2.28. The van der Waals surface area contributed by atoms with Crippen molar-refractivity contribution in [3.8, 4) is 5.75 Å². The number of nitrogens with one attached hydrogen (secondary N) is 1. The van der Waals surface area contributed by atoms with E-state index < -0.39 is 0 Å². The summed E-state index contributed by atoms with van der Waals surface area (Å²) < 4.78 is 2.04. The average Bonchev–Trinajstić information content (AvgIpc) is 2.86. The van der Waals surface area contributed by atoms with Gasteiger partial charge in [-0.15, -0.1) is 0 Å². The molecule has 0 aliphatic rings. The number of aromatic nitrogens is 1. The maximum absolute atomic E-state index is 12.8. The van der Waals surface area contributed by atoms with Crippen LogP contribution >= 0.6 is 0 Å². The average molecular weight is 322 g/mol. The second kappa shape index (κ2) is 6.40. The summed E-state index contributed by atoms with van der Waals surface area (Å²) in [5.74, 6) is -0.0256. The molecular formula is C20H22N2O2. The number of benzene rings is 2. The number of hydrogen-bond donors (Lipinski definition) is 2. The van der Waals surface area contributed by atoms with Crippen LogP contribution in [0.5, 0.6) is 5.75 Å². The van der Waals surface area contributed by atoms with Gasteiger partial charge < -0.3 is 15.0 Å². The molecule has 0 spiro atoms. The molecule has 0 radical (unpaired) electrons. The maximum atomic E-state index is 12.8. The van der Waals surface area contributed by atoms with Crippen molar-refractivity contribution in [3.05, 3.63) is 59.3 Å². The first-order chi connectivity index (χ1) is 11.5. The van der Waals surface area contributed by atoms with Crippen molar-refractivity contribution < 1.29 is 9.90 Å². The van der Waals surface area contributed by atoms with Gasteiger partial charge in [0, 0.05) is 29.2 Å². The molecule has 1 amide bonds. The Morgan fingerprint density at radius 2 is 1.96 bits per heavy atom. The highest BCUT2D eigenvalue weighted by Gasteiger charge is 2.20. The predicted molar refractivity (Wildman–Crippen MR) is 97.8 cm³/mol. The summed E-state index contributed by atoms with van der Waals surface area (Å²) in [6.07, 6.45) is 0.970. The number of anilines is 1. The molecule has 1 heterocycles. The Morgan fingerprint density at radius 3 is 2.62 bits per heavy atom. The quantitative estimate of drug-likeness (QED) is 0.743. The SMILES string of the molecule is CCc1ccc2c(c1)c(C)c(C(=O)Nc1cccc(O)c1)n2CC. The van der Waals surface area contributed by atoms with E-state index >= 15 is 0 Å². The number of nitrogens with zero attached hydrogens (tertiary/aromatic N) is 1. The standard InChI is InChI=1S/C20H22N2O2/c1-4-14-9-10-18-17(11-14)13(3)19(22(18)5-2)20(24)21-15-7-6-8-16(23)12-15/h6-12,23H,4-5H2,1-3H3,(H,21,24). The highest BCUT2D eigenvalue weighted by atomic mass is 16.3. The van der Waals surface area contributed by atoms with Crippen LogP contribution in [0.2, 0.25) is 0 Å². The lowest BCUT2D eigenvalue weighted by Crippen LogP contribution is -2.17. The zero-order valence-electron chi connectivity index (χ0n) is 14.3. The summed E-state index contributed by atoms with van der Waals surface area (Å²) in [4.78, 5) is 12.8. The van der Waals surface area contributed by atoms with Gasteiger partial charge in [-0.2, -0.15) is 0 Å². The number of aromatic hydroxyl groups is 1. The van der Waals surface area contributed by atoms with Crippen LogP contribution in [0.25, 0.3) is 10.9 Å². The monoisotopic (exact) mass is 322 g/mol. The molecule has 0 saturated carbocycles. The molecule has 2 N–H and O–H groups in total. The van der Waals surface area contributed by atoms with Gasteiger partial charge in [0.05, 0.1) is 0 Å². The number of amides is 1. The lowest BCUT2D eigenvalue weighted by atomic mass is 10.1. The number of carbonyl (C=O) groups is 1. The Hall–Kier alpha value is -2.75. The van der Waals surface area contributed by atoms with Crippen molar-refractivity contribution in [2.24, 2.45) is 0 Å². The van der Waals surface area contributed by atoms with E-state index in [0.29, 0.717) is 11.4 Å². The number of phenols is 1. The zero-order valence-corrected chi connectivity index (χ0v) is 14.3. The van der Waals surface area contributed by atoms with Crippen LogP contribution in [-0.2, 0) is 13.0 Å². The first kappa shape index (κ1) is 16.1. The van der Waals surface area contributed by atoms with E-state index in [1.165, 1.54) is 5.56 Å². The molecule has 0 saturated heterocycles. The Balaban J connectivity index is 2.07. The van der Waals surface area contributed by atoms with Gasteiger partial charge in [-0.3, -0.25) is 4.79 Å². The van der Waals surface area contributed by atoms with Gasteiger partial charge in [0.15, 0.2) is 0 Å². The summed E-state index contributed by atoms with van der Waals surface area (Å²) in [6, 6.07) is 13.0. The van der Waals surface area contributed by atoms with Gasteiger partial charge in [-0.25, -0.2) is 0 Å². The van der Waals surface area contributed by atoms with Crippen molar-refractivity contribution in [2.45, 2.75) is 33.7 Å². The van der Waals surface area contributed by atoms with Crippen LogP contribution < -0.4 is 5.32 Å². The zero-order chi connectivity index (χ0) is 17.3. The highest BCUT2D eigenvalue weighted by molar-refractivity contribution is 6.08. The van der Waals surface area contributed by atoms with Gasteiger partial charge >= 0.3 is 0 Å². The molecule has 2 aromatic carbocycles. The number of hydrogen-bond acceptors (Lipinski definition) is 2. The summed E-state index contributed by atoms with van der Waals surface area (Å²) >= 11 is 0. The van der Waals surface area contributed by atoms with E-state index in [0.717, 1.165) is 29.4 Å². The van der Waals surface area contributed by atoms with Crippen LogP contribution in [0.3, 0.4) is 0 Å². The predicted octanol–water partition coefficient (Wildman–Crippen LogP) is 4.49. The van der Waals surface area contributed by atoms with Gasteiger partial charge in [0.25, 0.3) is 5.91 Å². The molecule has 124 valence electrons. The molecule has 24 heavy (non-hydrogen) atoms. The number of rotatable bonds is 4. The van der Waals surface area contributed by atoms with Gasteiger partial charge in [0.2, 0.25) is 0 Å². The van der Waals surface area contributed by atoms with Crippen molar-refractivity contribution in [1.82, 2.24) is 4.57 Å². The van der Waals surface area contributed by atoms with E-state index in [1.807, 2.05) is 18.4 Å². The van der Waals surface area contributed by atoms with Crippen LogP contribution in [0.1, 0.15) is 35.5 Å². The number of carbonyl (C=O) groups excluding carboxylic acids is 1. The molecule has 4 heteroatoms. The summed E-state index contributed by atoms with van der Waals surface area (Å²) in [7, 11) is 0.